The van der Waals surface area contributed by atoms with Crippen LogP contribution in [0.15, 0.2) is 20.1 Å². The number of aryl methyl sites for hydroxylation is 1. The zero-order chi connectivity index (χ0) is 11.6. The monoisotopic (exact) mass is 312 g/mol. The van der Waals surface area contributed by atoms with E-state index in [4.69, 9.17) is 0 Å². The standard InChI is InChI=1S/C7H9BrN2O3S2/c1-4(8)3-9-15(12,13)6-5(2)10-7(11)14-6/h9H,1,3H2,2H3,(H,10,11). The number of hydrogen-bond donors (Lipinski definition) is 2. The summed E-state index contributed by atoms with van der Waals surface area (Å²) < 4.78 is 26.1. The molecule has 1 aromatic rings. The molecule has 1 aromatic heterocycles. The number of hydrogen-bond acceptors (Lipinski definition) is 4. The molecule has 0 saturated carbocycles. The second-order valence-corrected chi connectivity index (χ2v) is 6.84. The first-order valence-electron chi connectivity index (χ1n) is 3.85. The third-order valence-electron chi connectivity index (χ3n) is 1.48. The molecule has 0 atom stereocenters. The van der Waals surface area contributed by atoms with Crippen LogP contribution in [0.2, 0.25) is 0 Å². The van der Waals surface area contributed by atoms with E-state index in [1.54, 1.807) is 0 Å². The molecule has 0 bridgehead atoms. The van der Waals surface area contributed by atoms with Gasteiger partial charge in [0.25, 0.3) is 10.0 Å². The SMILES string of the molecule is C=C(Br)CNS(=O)(=O)c1sc(=O)[nH]c1C. The molecule has 1 heterocycles. The minimum Gasteiger partial charge on any atom is -0.315 e. The maximum atomic E-state index is 11.6. The number of sulfonamides is 1. The van der Waals surface area contributed by atoms with Crippen LogP contribution in [-0.4, -0.2) is 19.9 Å². The van der Waals surface area contributed by atoms with Crippen LogP contribution in [0.3, 0.4) is 0 Å². The molecule has 1 rings (SSSR count). The van der Waals surface area contributed by atoms with Crippen LogP contribution in [0, 0.1) is 6.92 Å². The Hall–Kier alpha value is -0.440. The maximum absolute atomic E-state index is 11.6. The highest BCUT2D eigenvalue weighted by atomic mass is 79.9. The van der Waals surface area contributed by atoms with E-state index in [1.807, 2.05) is 0 Å². The van der Waals surface area contributed by atoms with Gasteiger partial charge in [-0.15, -0.1) is 0 Å². The van der Waals surface area contributed by atoms with E-state index >= 15 is 0 Å². The van der Waals surface area contributed by atoms with Crippen molar-refractivity contribution in [2.45, 2.75) is 11.1 Å². The quantitative estimate of drug-likeness (QED) is 0.868. The lowest BCUT2D eigenvalue weighted by atomic mass is 10.6. The second kappa shape index (κ2) is 4.60. The van der Waals surface area contributed by atoms with Crippen molar-refractivity contribution in [1.29, 1.82) is 0 Å². The summed E-state index contributed by atoms with van der Waals surface area (Å²) in [6.45, 7) is 5.13. The number of aromatic amines is 1. The predicted octanol–water partition coefficient (Wildman–Crippen LogP) is 0.932. The molecule has 0 aromatic carbocycles. The van der Waals surface area contributed by atoms with Crippen molar-refractivity contribution in [2.24, 2.45) is 0 Å². The first kappa shape index (κ1) is 12.6. The van der Waals surface area contributed by atoms with Gasteiger partial charge in [-0.1, -0.05) is 33.8 Å². The Balaban J connectivity index is 3.01. The molecule has 0 fully saturated rings. The summed E-state index contributed by atoms with van der Waals surface area (Å²) in [7, 11) is -3.62. The number of halogens is 1. The molecule has 0 amide bonds. The zero-order valence-corrected chi connectivity index (χ0v) is 11.1. The Morgan fingerprint density at radius 3 is 2.67 bits per heavy atom. The van der Waals surface area contributed by atoms with Crippen LogP contribution in [-0.2, 0) is 10.0 Å². The second-order valence-electron chi connectivity index (χ2n) is 2.77. The van der Waals surface area contributed by atoms with Gasteiger partial charge in [0.1, 0.15) is 0 Å². The normalized spacial score (nSPS) is 11.6. The Kier molecular flexibility index (Phi) is 3.87. The van der Waals surface area contributed by atoms with Gasteiger partial charge in [-0.05, 0) is 6.92 Å². The van der Waals surface area contributed by atoms with Crippen molar-refractivity contribution in [2.75, 3.05) is 6.54 Å². The molecule has 0 aliphatic rings. The summed E-state index contributed by atoms with van der Waals surface area (Å²) in [6.07, 6.45) is 0. The molecule has 0 saturated heterocycles. The number of aromatic nitrogens is 1. The number of nitrogens with one attached hydrogen (secondary N) is 2. The van der Waals surface area contributed by atoms with Crippen LogP contribution in [0.4, 0.5) is 0 Å². The van der Waals surface area contributed by atoms with E-state index in [1.165, 1.54) is 6.92 Å². The third kappa shape index (κ3) is 3.26. The summed E-state index contributed by atoms with van der Waals surface area (Å²) >= 11 is 3.70. The lowest BCUT2D eigenvalue weighted by Gasteiger charge is -2.03. The van der Waals surface area contributed by atoms with Crippen molar-refractivity contribution in [3.8, 4) is 0 Å². The van der Waals surface area contributed by atoms with Crippen molar-refractivity contribution < 1.29 is 8.42 Å². The maximum Gasteiger partial charge on any atom is 0.305 e. The van der Waals surface area contributed by atoms with Gasteiger partial charge >= 0.3 is 4.87 Å². The van der Waals surface area contributed by atoms with Crippen molar-refractivity contribution in [3.63, 3.8) is 0 Å². The Morgan fingerprint density at radius 1 is 1.67 bits per heavy atom. The van der Waals surface area contributed by atoms with E-state index < -0.39 is 10.0 Å². The molecule has 5 nitrogen and oxygen atoms in total. The fraction of sp³-hybridized carbons (Fsp3) is 0.286. The van der Waals surface area contributed by atoms with Gasteiger partial charge < -0.3 is 4.98 Å². The van der Waals surface area contributed by atoms with Gasteiger partial charge in [0.15, 0.2) is 4.21 Å². The minimum atomic E-state index is -3.62. The fourth-order valence-corrected chi connectivity index (χ4v) is 3.58. The lowest BCUT2D eigenvalue weighted by molar-refractivity contribution is 0.587. The molecule has 84 valence electrons. The minimum absolute atomic E-state index is 0.0150. The van der Waals surface area contributed by atoms with E-state index in [0.717, 1.165) is 0 Å². The van der Waals surface area contributed by atoms with Gasteiger partial charge in [0.05, 0.1) is 0 Å². The summed E-state index contributed by atoms with van der Waals surface area (Å²) in [5.74, 6) is 0. The summed E-state index contributed by atoms with van der Waals surface area (Å²) in [5, 5.41) is 0. The molecule has 0 unspecified atom stereocenters. The third-order valence-corrected chi connectivity index (χ3v) is 4.77. The molecular formula is C7H9BrN2O3S2. The molecule has 2 N–H and O–H groups in total. The zero-order valence-electron chi connectivity index (χ0n) is 7.83. The average Bonchev–Trinajstić information content (AvgIpc) is 2.43. The van der Waals surface area contributed by atoms with Crippen molar-refractivity contribution >= 4 is 37.3 Å². The molecular weight excluding hydrogens is 304 g/mol. The molecule has 0 aliphatic carbocycles. The van der Waals surface area contributed by atoms with E-state index in [2.05, 4.69) is 32.2 Å². The van der Waals surface area contributed by atoms with Crippen LogP contribution >= 0.6 is 27.3 Å². The largest absolute Gasteiger partial charge is 0.315 e. The van der Waals surface area contributed by atoms with E-state index in [-0.39, 0.29) is 15.6 Å². The summed E-state index contributed by atoms with van der Waals surface area (Å²) in [5.41, 5.74) is 0.345. The summed E-state index contributed by atoms with van der Waals surface area (Å²) in [6, 6.07) is 0. The highest BCUT2D eigenvalue weighted by Gasteiger charge is 2.19. The molecule has 8 heteroatoms. The molecule has 0 aliphatic heterocycles. The number of thiazole rings is 1. The highest BCUT2D eigenvalue weighted by molar-refractivity contribution is 9.11. The van der Waals surface area contributed by atoms with Crippen molar-refractivity contribution in [3.05, 3.63) is 26.4 Å². The smallest absolute Gasteiger partial charge is 0.305 e. The van der Waals surface area contributed by atoms with Crippen LogP contribution < -0.4 is 9.60 Å². The molecule has 0 radical (unpaired) electrons. The van der Waals surface area contributed by atoms with Gasteiger partial charge in [0, 0.05) is 16.7 Å². The average molecular weight is 313 g/mol. The Morgan fingerprint density at radius 2 is 2.27 bits per heavy atom. The highest BCUT2D eigenvalue weighted by Crippen LogP contribution is 2.15. The van der Waals surface area contributed by atoms with Crippen molar-refractivity contribution in [1.82, 2.24) is 9.71 Å². The van der Waals surface area contributed by atoms with Gasteiger partial charge in [-0.2, -0.15) is 0 Å². The Labute approximate surface area is 99.4 Å². The molecule has 0 spiro atoms. The topological polar surface area (TPSA) is 79.0 Å². The van der Waals surface area contributed by atoms with E-state index in [0.29, 0.717) is 21.5 Å². The number of rotatable bonds is 4. The van der Waals surface area contributed by atoms with Gasteiger partial charge in [-0.3, -0.25) is 4.79 Å². The van der Waals surface area contributed by atoms with Crippen LogP contribution in [0.1, 0.15) is 5.69 Å². The van der Waals surface area contributed by atoms with E-state index in [9.17, 15) is 13.2 Å². The first-order valence-corrected chi connectivity index (χ1v) is 6.95. The molecule has 15 heavy (non-hydrogen) atoms. The first-order chi connectivity index (χ1) is 6.83. The van der Waals surface area contributed by atoms with Gasteiger partial charge in [-0.25, -0.2) is 13.1 Å². The lowest BCUT2D eigenvalue weighted by Crippen LogP contribution is -2.24. The van der Waals surface area contributed by atoms with Crippen LogP contribution in [0.25, 0.3) is 0 Å². The summed E-state index contributed by atoms with van der Waals surface area (Å²) in [4.78, 5) is 13.0. The Bertz CT molecular complexity index is 529. The number of H-pyrrole nitrogens is 1. The predicted molar refractivity (Wildman–Crippen MR) is 62.9 cm³/mol. The van der Waals surface area contributed by atoms with Gasteiger partial charge in [0.2, 0.25) is 0 Å². The fourth-order valence-electron chi connectivity index (χ4n) is 0.886. The van der Waals surface area contributed by atoms with Crippen LogP contribution in [0.5, 0.6) is 0 Å².